The van der Waals surface area contributed by atoms with E-state index in [-0.39, 0.29) is 5.76 Å². The fraction of sp³-hybridized carbons (Fsp3) is 0.429. The maximum atomic E-state index is 11.4. The second kappa shape index (κ2) is 5.72. The van der Waals surface area contributed by atoms with E-state index in [9.17, 15) is 4.79 Å². The van der Waals surface area contributed by atoms with Crippen LogP contribution < -0.4 is 5.76 Å². The summed E-state index contributed by atoms with van der Waals surface area (Å²) in [4.78, 5) is 13.6. The minimum absolute atomic E-state index is 0.338. The van der Waals surface area contributed by atoms with Crippen molar-refractivity contribution in [2.45, 2.75) is 19.4 Å². The van der Waals surface area contributed by atoms with E-state index in [2.05, 4.69) is 11.0 Å². The van der Waals surface area contributed by atoms with Gasteiger partial charge in [-0.15, -0.1) is 0 Å². The SMILES string of the molecule is CN(CCCC#N)Cc1ccc2oc(=O)n(C)c2c1. The largest absolute Gasteiger partial charge is 0.419 e. The van der Waals surface area contributed by atoms with Gasteiger partial charge < -0.3 is 9.32 Å². The molecule has 0 bridgehead atoms. The predicted octanol–water partition coefficient (Wildman–Crippen LogP) is 1.87. The normalized spacial score (nSPS) is 11.1. The average Bonchev–Trinajstić information content (AvgIpc) is 2.66. The van der Waals surface area contributed by atoms with Crippen LogP contribution in [0.1, 0.15) is 18.4 Å². The summed E-state index contributed by atoms with van der Waals surface area (Å²) >= 11 is 0. The summed E-state index contributed by atoms with van der Waals surface area (Å²) in [5, 5.41) is 8.51. The minimum atomic E-state index is -0.338. The van der Waals surface area contributed by atoms with E-state index in [4.69, 9.17) is 9.68 Å². The Bertz CT molecular complexity index is 663. The Morgan fingerprint density at radius 3 is 3.00 bits per heavy atom. The Hall–Kier alpha value is -2.06. The number of hydrogen-bond acceptors (Lipinski definition) is 4. The van der Waals surface area contributed by atoms with Crippen LogP contribution in [-0.2, 0) is 13.6 Å². The van der Waals surface area contributed by atoms with Crippen LogP contribution in [-0.4, -0.2) is 23.1 Å². The second-order valence-corrected chi connectivity index (χ2v) is 4.73. The highest BCUT2D eigenvalue weighted by Crippen LogP contribution is 2.15. The van der Waals surface area contributed by atoms with Crippen LogP contribution in [0.4, 0.5) is 0 Å². The molecule has 2 aromatic rings. The third-order valence-electron chi connectivity index (χ3n) is 3.14. The van der Waals surface area contributed by atoms with Crippen molar-refractivity contribution in [2.75, 3.05) is 13.6 Å². The standard InChI is InChI=1S/C14H17N3O2/c1-16(8-4-3-7-15)10-11-5-6-13-12(9-11)17(2)14(18)19-13/h5-6,9H,3-4,8,10H2,1-2H3. The summed E-state index contributed by atoms with van der Waals surface area (Å²) in [6.07, 6.45) is 1.46. The zero-order valence-electron chi connectivity index (χ0n) is 11.2. The summed E-state index contributed by atoms with van der Waals surface area (Å²) in [5.74, 6) is -0.338. The summed E-state index contributed by atoms with van der Waals surface area (Å²) in [5.41, 5.74) is 2.56. The molecule has 0 aliphatic heterocycles. The molecule has 0 saturated carbocycles. The third kappa shape index (κ3) is 3.04. The Morgan fingerprint density at radius 2 is 2.26 bits per heavy atom. The van der Waals surface area contributed by atoms with Gasteiger partial charge in [0, 0.05) is 20.0 Å². The Morgan fingerprint density at radius 1 is 1.47 bits per heavy atom. The van der Waals surface area contributed by atoms with E-state index >= 15 is 0 Å². The summed E-state index contributed by atoms with van der Waals surface area (Å²) in [6.45, 7) is 1.68. The van der Waals surface area contributed by atoms with Crippen molar-refractivity contribution in [3.8, 4) is 6.07 Å². The molecular weight excluding hydrogens is 242 g/mol. The van der Waals surface area contributed by atoms with Gasteiger partial charge in [-0.1, -0.05) is 6.07 Å². The number of benzene rings is 1. The monoisotopic (exact) mass is 259 g/mol. The lowest BCUT2D eigenvalue weighted by Crippen LogP contribution is -2.19. The van der Waals surface area contributed by atoms with Gasteiger partial charge in [-0.25, -0.2) is 4.79 Å². The van der Waals surface area contributed by atoms with Crippen LogP contribution in [0, 0.1) is 11.3 Å². The van der Waals surface area contributed by atoms with Gasteiger partial charge in [-0.05, 0) is 37.7 Å². The fourth-order valence-electron chi connectivity index (χ4n) is 2.09. The van der Waals surface area contributed by atoms with Gasteiger partial charge in [0.15, 0.2) is 5.58 Å². The first-order valence-corrected chi connectivity index (χ1v) is 6.26. The number of rotatable bonds is 5. The van der Waals surface area contributed by atoms with E-state index in [0.29, 0.717) is 12.0 Å². The lowest BCUT2D eigenvalue weighted by molar-refractivity contribution is 0.324. The van der Waals surface area contributed by atoms with Crippen molar-refractivity contribution in [2.24, 2.45) is 7.05 Å². The molecule has 5 heteroatoms. The van der Waals surface area contributed by atoms with Crippen molar-refractivity contribution >= 4 is 11.1 Å². The summed E-state index contributed by atoms with van der Waals surface area (Å²) in [7, 11) is 3.73. The molecule has 0 aliphatic carbocycles. The zero-order valence-corrected chi connectivity index (χ0v) is 11.2. The highest BCUT2D eigenvalue weighted by molar-refractivity contribution is 5.73. The van der Waals surface area contributed by atoms with Crippen molar-refractivity contribution in [1.82, 2.24) is 9.47 Å². The maximum Gasteiger partial charge on any atom is 0.419 e. The molecule has 0 amide bonds. The van der Waals surface area contributed by atoms with Crippen LogP contribution in [0.5, 0.6) is 0 Å². The van der Waals surface area contributed by atoms with Gasteiger partial charge in [0.1, 0.15) is 0 Å². The number of aryl methyl sites for hydroxylation is 1. The molecule has 0 atom stereocenters. The molecule has 1 aromatic heterocycles. The van der Waals surface area contributed by atoms with Crippen LogP contribution in [0.3, 0.4) is 0 Å². The number of hydrogen-bond donors (Lipinski definition) is 0. The highest BCUT2D eigenvalue weighted by Gasteiger charge is 2.07. The molecule has 1 heterocycles. The number of oxazole rings is 1. The molecule has 0 aliphatic rings. The minimum Gasteiger partial charge on any atom is -0.408 e. The topological polar surface area (TPSA) is 62.2 Å². The lowest BCUT2D eigenvalue weighted by Gasteiger charge is -2.15. The van der Waals surface area contributed by atoms with Crippen LogP contribution in [0.15, 0.2) is 27.4 Å². The second-order valence-electron chi connectivity index (χ2n) is 4.73. The quantitative estimate of drug-likeness (QED) is 0.769. The number of aromatic nitrogens is 1. The molecule has 0 N–H and O–H groups in total. The van der Waals surface area contributed by atoms with Crippen molar-refractivity contribution in [1.29, 1.82) is 5.26 Å². The van der Waals surface area contributed by atoms with E-state index in [0.717, 1.165) is 30.6 Å². The van der Waals surface area contributed by atoms with Gasteiger partial charge in [-0.2, -0.15) is 5.26 Å². The van der Waals surface area contributed by atoms with Crippen LogP contribution in [0.2, 0.25) is 0 Å². The maximum absolute atomic E-state index is 11.4. The zero-order chi connectivity index (χ0) is 13.8. The van der Waals surface area contributed by atoms with E-state index < -0.39 is 0 Å². The first-order valence-electron chi connectivity index (χ1n) is 6.26. The Labute approximate surface area is 111 Å². The summed E-state index contributed by atoms with van der Waals surface area (Å²) in [6, 6.07) is 7.91. The summed E-state index contributed by atoms with van der Waals surface area (Å²) < 4.78 is 6.60. The predicted molar refractivity (Wildman–Crippen MR) is 72.6 cm³/mol. The molecule has 19 heavy (non-hydrogen) atoms. The van der Waals surface area contributed by atoms with E-state index in [1.807, 2.05) is 25.2 Å². The molecule has 0 unspecified atom stereocenters. The Balaban J connectivity index is 2.11. The Kier molecular flexibility index (Phi) is 4.03. The molecule has 0 spiro atoms. The molecular formula is C14H17N3O2. The number of unbranched alkanes of at least 4 members (excludes halogenated alkanes) is 1. The number of nitriles is 1. The molecule has 1 aromatic carbocycles. The first kappa shape index (κ1) is 13.4. The highest BCUT2D eigenvalue weighted by atomic mass is 16.4. The molecule has 100 valence electrons. The van der Waals surface area contributed by atoms with Gasteiger partial charge in [-0.3, -0.25) is 4.57 Å². The molecule has 0 radical (unpaired) electrons. The van der Waals surface area contributed by atoms with E-state index in [1.165, 1.54) is 4.57 Å². The molecule has 0 saturated heterocycles. The lowest BCUT2D eigenvalue weighted by atomic mass is 10.2. The average molecular weight is 259 g/mol. The van der Waals surface area contributed by atoms with Gasteiger partial charge >= 0.3 is 5.76 Å². The van der Waals surface area contributed by atoms with Crippen molar-refractivity contribution in [3.63, 3.8) is 0 Å². The van der Waals surface area contributed by atoms with Crippen molar-refractivity contribution in [3.05, 3.63) is 34.3 Å². The van der Waals surface area contributed by atoms with Gasteiger partial charge in [0.2, 0.25) is 0 Å². The third-order valence-corrected chi connectivity index (χ3v) is 3.14. The first-order chi connectivity index (χ1) is 9.11. The smallest absolute Gasteiger partial charge is 0.408 e. The van der Waals surface area contributed by atoms with Gasteiger partial charge in [0.25, 0.3) is 0 Å². The van der Waals surface area contributed by atoms with Gasteiger partial charge in [0.05, 0.1) is 11.6 Å². The molecule has 0 fully saturated rings. The van der Waals surface area contributed by atoms with E-state index in [1.54, 1.807) is 7.05 Å². The van der Waals surface area contributed by atoms with Crippen molar-refractivity contribution < 1.29 is 4.42 Å². The fourth-order valence-corrected chi connectivity index (χ4v) is 2.09. The molecule has 2 rings (SSSR count). The van der Waals surface area contributed by atoms with Crippen LogP contribution >= 0.6 is 0 Å². The number of nitrogens with zero attached hydrogens (tertiary/aromatic N) is 3. The number of fused-ring (bicyclic) bond motifs is 1. The van der Waals surface area contributed by atoms with Crippen LogP contribution in [0.25, 0.3) is 11.1 Å². The molecule has 5 nitrogen and oxygen atoms in total.